The molecule has 2 N–H and O–H groups in total. The molecule has 2 fully saturated rings. The molecule has 3 atom stereocenters. The molecule has 4 heteroatoms. The fraction of sp³-hybridized carbons (Fsp3) is 0.929. The smallest absolute Gasteiger partial charge is 0.317 e. The van der Waals surface area contributed by atoms with Gasteiger partial charge in [0.05, 0.1) is 0 Å². The first-order valence-electron chi connectivity index (χ1n) is 7.40. The molecule has 104 valence electrons. The van der Waals surface area contributed by atoms with Crippen LogP contribution in [0, 0.1) is 5.92 Å². The summed E-state index contributed by atoms with van der Waals surface area (Å²) in [6.07, 6.45) is 7.82. The number of hydrogen-bond acceptors (Lipinski definition) is 2. The first-order chi connectivity index (χ1) is 8.72. The van der Waals surface area contributed by atoms with Crippen LogP contribution in [0.5, 0.6) is 0 Å². The minimum Gasteiger partial charge on any atom is -0.396 e. The van der Waals surface area contributed by atoms with E-state index in [0.717, 1.165) is 31.7 Å². The molecule has 1 saturated heterocycles. The summed E-state index contributed by atoms with van der Waals surface area (Å²) in [4.78, 5) is 14.3. The van der Waals surface area contributed by atoms with E-state index in [2.05, 4.69) is 10.2 Å². The molecule has 0 aromatic heterocycles. The van der Waals surface area contributed by atoms with Gasteiger partial charge in [-0.1, -0.05) is 6.42 Å². The van der Waals surface area contributed by atoms with Crippen molar-refractivity contribution in [3.8, 4) is 0 Å². The lowest BCUT2D eigenvalue weighted by atomic mass is 9.92. The predicted octanol–water partition coefficient (Wildman–Crippen LogP) is 2.12. The molecule has 0 aromatic carbocycles. The summed E-state index contributed by atoms with van der Waals surface area (Å²) in [7, 11) is 0. The molecule has 0 radical (unpaired) electrons. The first-order valence-corrected chi connectivity index (χ1v) is 7.40. The molecule has 18 heavy (non-hydrogen) atoms. The third kappa shape index (κ3) is 3.16. The van der Waals surface area contributed by atoms with Crippen LogP contribution in [0.4, 0.5) is 4.79 Å². The number of nitrogens with zero attached hydrogens (tertiary/aromatic N) is 1. The number of rotatable bonds is 4. The van der Waals surface area contributed by atoms with Crippen molar-refractivity contribution in [2.24, 2.45) is 5.92 Å². The standard InChI is InChI=1S/C14H26N2O2/c1-11(5-4-10-17)15-14(18)16-9-3-7-12-6-2-8-13(12)16/h11-13,17H,2-10H2,1H3,(H,15,18). The van der Waals surface area contributed by atoms with E-state index in [9.17, 15) is 4.79 Å². The Morgan fingerprint density at radius 3 is 2.94 bits per heavy atom. The molecule has 1 heterocycles. The summed E-state index contributed by atoms with van der Waals surface area (Å²) in [5, 5.41) is 11.9. The summed E-state index contributed by atoms with van der Waals surface area (Å²) < 4.78 is 0. The van der Waals surface area contributed by atoms with Crippen LogP contribution in [0.3, 0.4) is 0 Å². The lowest BCUT2D eigenvalue weighted by Crippen LogP contribution is -2.52. The van der Waals surface area contributed by atoms with Crippen LogP contribution in [-0.2, 0) is 0 Å². The van der Waals surface area contributed by atoms with E-state index >= 15 is 0 Å². The van der Waals surface area contributed by atoms with Gasteiger partial charge in [-0.2, -0.15) is 0 Å². The van der Waals surface area contributed by atoms with Crippen molar-refractivity contribution < 1.29 is 9.90 Å². The number of aliphatic hydroxyl groups is 1. The normalized spacial score (nSPS) is 28.9. The Morgan fingerprint density at radius 1 is 1.39 bits per heavy atom. The van der Waals surface area contributed by atoms with E-state index in [1.165, 1.54) is 25.7 Å². The molecule has 1 aliphatic carbocycles. The molecule has 2 rings (SSSR count). The van der Waals surface area contributed by atoms with E-state index in [0.29, 0.717) is 6.04 Å². The quantitative estimate of drug-likeness (QED) is 0.807. The number of likely N-dealkylation sites (tertiary alicyclic amines) is 1. The summed E-state index contributed by atoms with van der Waals surface area (Å²) in [6.45, 7) is 3.14. The first kappa shape index (κ1) is 13.7. The third-order valence-corrected chi connectivity index (χ3v) is 4.42. The van der Waals surface area contributed by atoms with E-state index in [4.69, 9.17) is 5.11 Å². The molecule has 0 aromatic rings. The highest BCUT2D eigenvalue weighted by atomic mass is 16.3. The zero-order valence-corrected chi connectivity index (χ0v) is 11.4. The van der Waals surface area contributed by atoms with Gasteiger partial charge in [0.2, 0.25) is 0 Å². The van der Waals surface area contributed by atoms with Gasteiger partial charge in [0.25, 0.3) is 0 Å². The van der Waals surface area contributed by atoms with Gasteiger partial charge in [-0.3, -0.25) is 0 Å². The summed E-state index contributed by atoms with van der Waals surface area (Å²) in [5.74, 6) is 0.747. The topological polar surface area (TPSA) is 52.6 Å². The van der Waals surface area contributed by atoms with E-state index < -0.39 is 0 Å². The Balaban J connectivity index is 1.84. The number of urea groups is 1. The zero-order valence-electron chi connectivity index (χ0n) is 11.4. The highest BCUT2D eigenvalue weighted by Gasteiger charge is 2.37. The van der Waals surface area contributed by atoms with Gasteiger partial charge in [0.1, 0.15) is 0 Å². The minimum absolute atomic E-state index is 0.108. The zero-order chi connectivity index (χ0) is 13.0. The Bertz CT molecular complexity index is 283. The van der Waals surface area contributed by atoms with E-state index in [1.807, 2.05) is 6.92 Å². The van der Waals surface area contributed by atoms with Crippen molar-refractivity contribution in [3.05, 3.63) is 0 Å². The van der Waals surface area contributed by atoms with Crippen LogP contribution < -0.4 is 5.32 Å². The lowest BCUT2D eigenvalue weighted by Gasteiger charge is -2.38. The summed E-state index contributed by atoms with van der Waals surface area (Å²) >= 11 is 0. The maximum atomic E-state index is 12.3. The number of carbonyl (C=O) groups excluding carboxylic acids is 1. The molecular weight excluding hydrogens is 228 g/mol. The van der Waals surface area contributed by atoms with Gasteiger partial charge in [-0.05, 0) is 51.4 Å². The molecule has 1 saturated carbocycles. The average molecular weight is 254 g/mol. The SMILES string of the molecule is CC(CCCO)NC(=O)N1CCCC2CCCC21. The Labute approximate surface area is 110 Å². The number of aliphatic hydroxyl groups excluding tert-OH is 1. The summed E-state index contributed by atoms with van der Waals surface area (Å²) in [6, 6.07) is 0.757. The lowest BCUT2D eigenvalue weighted by molar-refractivity contribution is 0.125. The average Bonchev–Trinajstić information content (AvgIpc) is 2.84. The van der Waals surface area contributed by atoms with Crippen LogP contribution in [0.1, 0.15) is 51.9 Å². The van der Waals surface area contributed by atoms with Crippen molar-refractivity contribution in [2.75, 3.05) is 13.2 Å². The molecule has 1 aliphatic heterocycles. The van der Waals surface area contributed by atoms with E-state index in [1.54, 1.807) is 0 Å². The molecule has 0 bridgehead atoms. The summed E-state index contributed by atoms with van der Waals surface area (Å²) in [5.41, 5.74) is 0. The van der Waals surface area contributed by atoms with Gasteiger partial charge >= 0.3 is 6.03 Å². The number of amides is 2. The molecule has 2 amide bonds. The van der Waals surface area contributed by atoms with Crippen LogP contribution in [0.25, 0.3) is 0 Å². The van der Waals surface area contributed by atoms with Crippen molar-refractivity contribution in [3.63, 3.8) is 0 Å². The van der Waals surface area contributed by atoms with Crippen molar-refractivity contribution in [1.29, 1.82) is 0 Å². The van der Waals surface area contributed by atoms with Crippen LogP contribution in [0.15, 0.2) is 0 Å². The highest BCUT2D eigenvalue weighted by molar-refractivity contribution is 5.75. The highest BCUT2D eigenvalue weighted by Crippen LogP contribution is 2.36. The van der Waals surface area contributed by atoms with Gasteiger partial charge in [0.15, 0.2) is 0 Å². The van der Waals surface area contributed by atoms with Gasteiger partial charge in [0, 0.05) is 25.2 Å². The minimum atomic E-state index is 0.108. The van der Waals surface area contributed by atoms with Crippen LogP contribution >= 0.6 is 0 Å². The Hall–Kier alpha value is -0.770. The fourth-order valence-electron chi connectivity index (χ4n) is 3.47. The maximum absolute atomic E-state index is 12.3. The van der Waals surface area contributed by atoms with Crippen molar-refractivity contribution >= 4 is 6.03 Å². The number of nitrogens with one attached hydrogen (secondary N) is 1. The van der Waals surface area contributed by atoms with Crippen LogP contribution in [-0.4, -0.2) is 41.3 Å². The molecule has 0 spiro atoms. The van der Waals surface area contributed by atoms with Gasteiger partial charge in [-0.15, -0.1) is 0 Å². The number of piperidine rings is 1. The van der Waals surface area contributed by atoms with E-state index in [-0.39, 0.29) is 18.7 Å². The van der Waals surface area contributed by atoms with Gasteiger partial charge < -0.3 is 15.3 Å². The van der Waals surface area contributed by atoms with Crippen molar-refractivity contribution in [2.45, 2.75) is 64.0 Å². The molecule has 2 aliphatic rings. The van der Waals surface area contributed by atoms with Gasteiger partial charge in [-0.25, -0.2) is 4.79 Å². The number of hydrogen-bond donors (Lipinski definition) is 2. The number of carbonyl (C=O) groups is 1. The molecule has 4 nitrogen and oxygen atoms in total. The molecule has 3 unspecified atom stereocenters. The second-order valence-electron chi connectivity index (χ2n) is 5.81. The number of fused-ring (bicyclic) bond motifs is 1. The Morgan fingerprint density at radius 2 is 2.17 bits per heavy atom. The monoisotopic (exact) mass is 254 g/mol. The molecular formula is C14H26N2O2. The predicted molar refractivity (Wildman–Crippen MR) is 71.4 cm³/mol. The third-order valence-electron chi connectivity index (χ3n) is 4.42. The van der Waals surface area contributed by atoms with Crippen LogP contribution in [0.2, 0.25) is 0 Å². The fourth-order valence-corrected chi connectivity index (χ4v) is 3.47. The Kier molecular flexibility index (Phi) is 4.87. The maximum Gasteiger partial charge on any atom is 0.317 e. The second kappa shape index (κ2) is 6.41. The second-order valence-corrected chi connectivity index (χ2v) is 5.81. The largest absolute Gasteiger partial charge is 0.396 e. The van der Waals surface area contributed by atoms with Crippen molar-refractivity contribution in [1.82, 2.24) is 10.2 Å².